The van der Waals surface area contributed by atoms with Crippen molar-refractivity contribution in [2.24, 2.45) is 0 Å². The third-order valence-electron chi connectivity index (χ3n) is 5.47. The molecule has 1 amide bonds. The quantitative estimate of drug-likeness (QED) is 0.246. The van der Waals surface area contributed by atoms with Gasteiger partial charge in [-0.1, -0.05) is 46.3 Å². The molecule has 0 aliphatic heterocycles. The van der Waals surface area contributed by atoms with Crippen LogP contribution in [0.4, 0.5) is 10.1 Å². The fourth-order valence-electron chi connectivity index (χ4n) is 3.53. The van der Waals surface area contributed by atoms with Crippen molar-refractivity contribution >= 4 is 43.6 Å². The number of rotatable bonds is 9. The molecule has 0 spiro atoms. The number of halogens is 2. The van der Waals surface area contributed by atoms with Gasteiger partial charge in [-0.25, -0.2) is 12.8 Å². The van der Waals surface area contributed by atoms with Gasteiger partial charge in [-0.05, 0) is 77.4 Å². The monoisotopic (exact) mass is 579 g/mol. The molecule has 0 aliphatic carbocycles. The Hall–Kier alpha value is -3.66. The van der Waals surface area contributed by atoms with E-state index in [1.807, 2.05) is 24.3 Å². The molecule has 0 bridgehead atoms. The van der Waals surface area contributed by atoms with Crippen molar-refractivity contribution in [1.29, 1.82) is 0 Å². The SMILES string of the molecule is O=C(/C=C/c1ccncc1)Nc1ccc(S(=O)(=O)N(Cc2ccc(F)cc2)Cc2ccccc2Br)cc1. The minimum Gasteiger partial charge on any atom is -0.323 e. The summed E-state index contributed by atoms with van der Waals surface area (Å²) in [4.78, 5) is 16.3. The van der Waals surface area contributed by atoms with Gasteiger partial charge in [0.1, 0.15) is 5.82 Å². The fraction of sp³-hybridized carbons (Fsp3) is 0.0714. The fourth-order valence-corrected chi connectivity index (χ4v) is 5.34. The normalized spacial score (nSPS) is 11.6. The number of carbonyl (C=O) groups excluding carboxylic acids is 1. The Balaban J connectivity index is 1.53. The first kappa shape index (κ1) is 26.4. The maximum absolute atomic E-state index is 13.6. The van der Waals surface area contributed by atoms with Crippen molar-refractivity contribution in [1.82, 2.24) is 9.29 Å². The van der Waals surface area contributed by atoms with Gasteiger partial charge in [0.25, 0.3) is 0 Å². The molecule has 1 heterocycles. The summed E-state index contributed by atoms with van der Waals surface area (Å²) in [5.74, 6) is -0.739. The van der Waals surface area contributed by atoms with Crippen LogP contribution in [0, 0.1) is 5.82 Å². The van der Waals surface area contributed by atoms with Gasteiger partial charge in [-0.15, -0.1) is 0 Å². The largest absolute Gasteiger partial charge is 0.323 e. The van der Waals surface area contributed by atoms with Gasteiger partial charge in [-0.2, -0.15) is 4.31 Å². The number of hydrogen-bond donors (Lipinski definition) is 1. The maximum Gasteiger partial charge on any atom is 0.248 e. The van der Waals surface area contributed by atoms with Crippen LogP contribution in [0.15, 0.2) is 113 Å². The van der Waals surface area contributed by atoms with Gasteiger partial charge >= 0.3 is 0 Å². The molecule has 0 unspecified atom stereocenters. The van der Waals surface area contributed by atoms with Crippen LogP contribution < -0.4 is 5.32 Å². The van der Waals surface area contributed by atoms with Crippen LogP contribution in [0.2, 0.25) is 0 Å². The second-order valence-corrected chi connectivity index (χ2v) is 10.9. The van der Waals surface area contributed by atoms with Crippen molar-refractivity contribution in [3.05, 3.63) is 130 Å². The van der Waals surface area contributed by atoms with Crippen LogP contribution in [0.1, 0.15) is 16.7 Å². The van der Waals surface area contributed by atoms with E-state index in [9.17, 15) is 17.6 Å². The zero-order valence-electron chi connectivity index (χ0n) is 19.6. The highest BCUT2D eigenvalue weighted by Crippen LogP contribution is 2.25. The van der Waals surface area contributed by atoms with Gasteiger partial charge in [0.05, 0.1) is 4.90 Å². The standard InChI is InChI=1S/C28H23BrFN3O3S/c29-27-4-2-1-3-23(27)20-33(19-22-5-8-24(30)9-6-22)37(35,36)26-12-10-25(11-13-26)32-28(34)14-7-21-15-17-31-18-16-21/h1-18H,19-20H2,(H,32,34)/b14-7+. The third kappa shape index (κ3) is 7.19. The number of aromatic nitrogens is 1. The van der Waals surface area contributed by atoms with Gasteiger partial charge in [0, 0.05) is 41.7 Å². The molecule has 3 aromatic carbocycles. The van der Waals surface area contributed by atoms with Gasteiger partial charge in [0.15, 0.2) is 0 Å². The van der Waals surface area contributed by atoms with Gasteiger partial charge < -0.3 is 5.32 Å². The molecule has 0 saturated heterocycles. The minimum atomic E-state index is -3.93. The zero-order chi connectivity index (χ0) is 26.3. The third-order valence-corrected chi connectivity index (χ3v) is 8.05. The number of anilines is 1. The molecule has 0 fully saturated rings. The lowest BCUT2D eigenvalue weighted by Gasteiger charge is -2.23. The Labute approximate surface area is 223 Å². The molecule has 4 rings (SSSR count). The van der Waals surface area contributed by atoms with Crippen molar-refractivity contribution in [3.63, 3.8) is 0 Å². The Morgan fingerprint density at radius 1 is 0.919 bits per heavy atom. The first-order valence-electron chi connectivity index (χ1n) is 11.3. The average Bonchev–Trinajstić information content (AvgIpc) is 2.90. The van der Waals surface area contributed by atoms with Crippen LogP contribution in [0.25, 0.3) is 6.08 Å². The van der Waals surface area contributed by atoms with Crippen LogP contribution in [0.3, 0.4) is 0 Å². The number of hydrogen-bond acceptors (Lipinski definition) is 4. The van der Waals surface area contributed by atoms with Crippen molar-refractivity contribution in [3.8, 4) is 0 Å². The smallest absolute Gasteiger partial charge is 0.248 e. The molecular weight excluding hydrogens is 557 g/mol. The number of pyridine rings is 1. The predicted octanol–water partition coefficient (Wildman–Crippen LogP) is 6.03. The molecule has 6 nitrogen and oxygen atoms in total. The predicted molar refractivity (Wildman–Crippen MR) is 145 cm³/mol. The van der Waals surface area contributed by atoms with Crippen LogP contribution in [-0.4, -0.2) is 23.6 Å². The summed E-state index contributed by atoms with van der Waals surface area (Å²) in [5, 5.41) is 2.72. The van der Waals surface area contributed by atoms with Crippen molar-refractivity contribution in [2.75, 3.05) is 5.32 Å². The molecule has 1 aromatic heterocycles. The Kier molecular flexibility index (Phi) is 8.60. The van der Waals surface area contributed by atoms with Crippen LogP contribution >= 0.6 is 15.9 Å². The summed E-state index contributed by atoms with van der Waals surface area (Å²) in [5.41, 5.74) is 2.73. The summed E-state index contributed by atoms with van der Waals surface area (Å²) in [6, 6.07) is 22.7. The summed E-state index contributed by atoms with van der Waals surface area (Å²) >= 11 is 3.48. The number of amides is 1. The molecule has 0 radical (unpaired) electrons. The molecule has 0 atom stereocenters. The van der Waals surface area contributed by atoms with E-state index in [4.69, 9.17) is 0 Å². The Morgan fingerprint density at radius 3 is 2.27 bits per heavy atom. The highest BCUT2D eigenvalue weighted by molar-refractivity contribution is 9.10. The molecule has 1 N–H and O–H groups in total. The van der Waals surface area contributed by atoms with E-state index < -0.39 is 15.8 Å². The van der Waals surface area contributed by atoms with E-state index in [1.54, 1.807) is 54.9 Å². The first-order chi connectivity index (χ1) is 17.8. The minimum absolute atomic E-state index is 0.0578. The number of carbonyl (C=O) groups is 1. The summed E-state index contributed by atoms with van der Waals surface area (Å²) in [6.07, 6.45) is 6.31. The van der Waals surface area contributed by atoms with Crippen molar-refractivity contribution < 1.29 is 17.6 Å². The molecular formula is C28H23BrFN3O3S. The van der Waals surface area contributed by atoms with Crippen LogP contribution in [-0.2, 0) is 27.9 Å². The van der Waals surface area contributed by atoms with E-state index in [-0.39, 0.29) is 23.9 Å². The summed E-state index contributed by atoms with van der Waals surface area (Å²) in [6.45, 7) is 0.168. The summed E-state index contributed by atoms with van der Waals surface area (Å²) in [7, 11) is -3.93. The lowest BCUT2D eigenvalue weighted by Crippen LogP contribution is -2.30. The number of nitrogens with one attached hydrogen (secondary N) is 1. The highest BCUT2D eigenvalue weighted by atomic mass is 79.9. The molecule has 4 aromatic rings. The Bertz CT molecular complexity index is 1490. The second kappa shape index (κ2) is 12.1. The molecule has 0 aliphatic rings. The highest BCUT2D eigenvalue weighted by Gasteiger charge is 2.25. The molecule has 188 valence electrons. The van der Waals surface area contributed by atoms with E-state index in [2.05, 4.69) is 26.2 Å². The van der Waals surface area contributed by atoms with Crippen molar-refractivity contribution in [2.45, 2.75) is 18.0 Å². The van der Waals surface area contributed by atoms with Crippen LogP contribution in [0.5, 0.6) is 0 Å². The molecule has 9 heteroatoms. The number of sulfonamides is 1. The maximum atomic E-state index is 13.6. The first-order valence-corrected chi connectivity index (χ1v) is 13.5. The second-order valence-electron chi connectivity index (χ2n) is 8.12. The Morgan fingerprint density at radius 2 is 1.59 bits per heavy atom. The van der Waals surface area contributed by atoms with Gasteiger partial charge in [0.2, 0.25) is 15.9 Å². The topological polar surface area (TPSA) is 79.4 Å². The lowest BCUT2D eigenvalue weighted by molar-refractivity contribution is -0.111. The lowest BCUT2D eigenvalue weighted by atomic mass is 10.2. The van der Waals surface area contributed by atoms with Gasteiger partial charge in [-0.3, -0.25) is 9.78 Å². The summed E-state index contributed by atoms with van der Waals surface area (Å²) < 4.78 is 42.8. The number of nitrogens with zero attached hydrogens (tertiary/aromatic N) is 2. The molecule has 37 heavy (non-hydrogen) atoms. The van der Waals surface area contributed by atoms with E-state index in [1.165, 1.54) is 34.6 Å². The zero-order valence-corrected chi connectivity index (χ0v) is 22.0. The average molecular weight is 580 g/mol. The molecule has 0 saturated carbocycles. The van der Waals surface area contributed by atoms with E-state index in [0.29, 0.717) is 11.3 Å². The number of benzene rings is 3. The van der Waals surface area contributed by atoms with E-state index in [0.717, 1.165) is 15.6 Å². The van der Waals surface area contributed by atoms with E-state index >= 15 is 0 Å².